The minimum absolute atomic E-state index is 0.0553. The molecule has 1 amide bonds. The Balaban J connectivity index is 1.47. The van der Waals surface area contributed by atoms with E-state index in [2.05, 4.69) is 26.4 Å². The number of aromatic nitrogens is 3. The van der Waals surface area contributed by atoms with E-state index in [0.29, 0.717) is 17.5 Å². The van der Waals surface area contributed by atoms with Crippen molar-refractivity contribution in [2.45, 2.75) is 25.4 Å². The molecule has 0 unspecified atom stereocenters. The van der Waals surface area contributed by atoms with Crippen LogP contribution in [0.25, 0.3) is 11.3 Å². The van der Waals surface area contributed by atoms with E-state index in [9.17, 15) is 4.79 Å². The molecular formula is C19H19N5OS2. The Hall–Kier alpha value is -2.45. The number of nitrogens with two attached hydrogens (primary N) is 1. The largest absolute Gasteiger partial charge is 0.384 e. The van der Waals surface area contributed by atoms with E-state index in [-0.39, 0.29) is 11.7 Å². The van der Waals surface area contributed by atoms with E-state index >= 15 is 0 Å². The topological polar surface area (TPSA) is 85.0 Å². The first-order valence-corrected chi connectivity index (χ1v) is 10.5. The summed E-state index contributed by atoms with van der Waals surface area (Å²) in [5, 5.41) is 3.66. The molecule has 0 saturated heterocycles. The highest BCUT2D eigenvalue weighted by Crippen LogP contribution is 2.33. The Morgan fingerprint density at radius 2 is 2.11 bits per heavy atom. The Morgan fingerprint density at radius 3 is 2.85 bits per heavy atom. The van der Waals surface area contributed by atoms with Gasteiger partial charge >= 0.3 is 0 Å². The van der Waals surface area contributed by atoms with Crippen LogP contribution in [0.2, 0.25) is 0 Å². The predicted octanol–water partition coefficient (Wildman–Crippen LogP) is 3.48. The summed E-state index contributed by atoms with van der Waals surface area (Å²) in [6.45, 7) is 4.57. The van der Waals surface area contributed by atoms with E-state index in [0.717, 1.165) is 34.1 Å². The van der Waals surface area contributed by atoms with Gasteiger partial charge in [0.15, 0.2) is 5.16 Å². The van der Waals surface area contributed by atoms with Crippen LogP contribution in [0.3, 0.4) is 0 Å². The second kappa shape index (κ2) is 7.28. The first-order valence-electron chi connectivity index (χ1n) is 8.59. The zero-order valence-corrected chi connectivity index (χ0v) is 16.7. The Bertz CT molecular complexity index is 997. The molecular weight excluding hydrogens is 378 g/mol. The average Bonchev–Trinajstić information content (AvgIpc) is 3.24. The van der Waals surface area contributed by atoms with E-state index in [1.54, 1.807) is 17.4 Å². The standard InChI is InChI=1S/C19H19N5OS2/c1-11-7-17(20)23-19(21-11)27-10-18(25)24-6-5-14-8-13(3-4-16(14)24)15-9-26-12(2)22-15/h3-4,7-9H,5-6,10H2,1-2H3,(H2,20,21,23). The van der Waals surface area contributed by atoms with Gasteiger partial charge in [-0.05, 0) is 38.0 Å². The summed E-state index contributed by atoms with van der Waals surface area (Å²) in [5.74, 6) is 0.767. The number of nitrogen functional groups attached to an aromatic ring is 1. The first-order chi connectivity index (χ1) is 13.0. The van der Waals surface area contributed by atoms with Crippen LogP contribution in [0.15, 0.2) is 34.8 Å². The van der Waals surface area contributed by atoms with Crippen molar-refractivity contribution < 1.29 is 4.79 Å². The van der Waals surface area contributed by atoms with Crippen LogP contribution in [0.1, 0.15) is 16.3 Å². The predicted molar refractivity (Wildman–Crippen MR) is 110 cm³/mol. The lowest BCUT2D eigenvalue weighted by atomic mass is 10.1. The number of anilines is 2. The minimum Gasteiger partial charge on any atom is -0.384 e. The van der Waals surface area contributed by atoms with Crippen molar-refractivity contribution in [3.8, 4) is 11.3 Å². The first kappa shape index (κ1) is 17.9. The Kier molecular flexibility index (Phi) is 4.84. The molecule has 138 valence electrons. The molecule has 1 aromatic carbocycles. The third-order valence-corrected chi connectivity index (χ3v) is 5.97. The van der Waals surface area contributed by atoms with Crippen molar-refractivity contribution in [1.82, 2.24) is 15.0 Å². The monoisotopic (exact) mass is 397 g/mol. The van der Waals surface area contributed by atoms with Gasteiger partial charge in [0.05, 0.1) is 16.5 Å². The summed E-state index contributed by atoms with van der Waals surface area (Å²) in [4.78, 5) is 27.6. The highest BCUT2D eigenvalue weighted by Gasteiger charge is 2.25. The van der Waals surface area contributed by atoms with Gasteiger partial charge in [-0.2, -0.15) is 0 Å². The summed E-state index contributed by atoms with van der Waals surface area (Å²) in [6.07, 6.45) is 0.858. The lowest BCUT2D eigenvalue weighted by Gasteiger charge is -2.17. The zero-order chi connectivity index (χ0) is 19.0. The molecule has 4 rings (SSSR count). The highest BCUT2D eigenvalue weighted by molar-refractivity contribution is 7.99. The van der Waals surface area contributed by atoms with Crippen LogP contribution >= 0.6 is 23.1 Å². The van der Waals surface area contributed by atoms with Crippen LogP contribution in [0.4, 0.5) is 11.5 Å². The summed E-state index contributed by atoms with van der Waals surface area (Å²) in [6, 6.07) is 7.92. The number of fused-ring (bicyclic) bond motifs is 1. The van der Waals surface area contributed by atoms with Gasteiger partial charge in [0, 0.05) is 34.9 Å². The van der Waals surface area contributed by atoms with Crippen LogP contribution in [-0.4, -0.2) is 33.2 Å². The van der Waals surface area contributed by atoms with Gasteiger partial charge in [0.2, 0.25) is 5.91 Å². The molecule has 27 heavy (non-hydrogen) atoms. The summed E-state index contributed by atoms with van der Waals surface area (Å²) < 4.78 is 0. The van der Waals surface area contributed by atoms with Crippen LogP contribution < -0.4 is 10.6 Å². The fourth-order valence-corrected chi connectivity index (χ4v) is 4.56. The molecule has 0 aliphatic carbocycles. The second-order valence-electron chi connectivity index (χ2n) is 6.40. The maximum Gasteiger partial charge on any atom is 0.237 e. The maximum atomic E-state index is 12.7. The Labute approximate surface area is 165 Å². The van der Waals surface area contributed by atoms with E-state index in [1.807, 2.05) is 30.9 Å². The van der Waals surface area contributed by atoms with Gasteiger partial charge in [-0.1, -0.05) is 17.8 Å². The number of benzene rings is 1. The number of carbonyl (C=O) groups excluding carboxylic acids is 1. The van der Waals surface area contributed by atoms with Crippen molar-refractivity contribution in [1.29, 1.82) is 0 Å². The number of aryl methyl sites for hydroxylation is 2. The molecule has 0 radical (unpaired) electrons. The van der Waals surface area contributed by atoms with E-state index < -0.39 is 0 Å². The molecule has 8 heteroatoms. The normalized spacial score (nSPS) is 13.0. The fourth-order valence-electron chi connectivity index (χ4n) is 3.15. The number of nitrogens with zero attached hydrogens (tertiary/aromatic N) is 4. The van der Waals surface area contributed by atoms with Crippen LogP contribution in [0.5, 0.6) is 0 Å². The molecule has 0 fully saturated rings. The number of carbonyl (C=O) groups is 1. The molecule has 0 bridgehead atoms. The number of hydrogen-bond acceptors (Lipinski definition) is 7. The molecule has 2 aromatic heterocycles. The molecule has 3 heterocycles. The number of amides is 1. The minimum atomic E-state index is 0.0553. The van der Waals surface area contributed by atoms with Crippen LogP contribution in [-0.2, 0) is 11.2 Å². The number of thioether (sulfide) groups is 1. The Morgan fingerprint density at radius 1 is 1.26 bits per heavy atom. The number of rotatable bonds is 4. The molecule has 1 aliphatic heterocycles. The summed E-state index contributed by atoms with van der Waals surface area (Å²) in [7, 11) is 0. The number of thiazole rings is 1. The van der Waals surface area contributed by atoms with Crippen molar-refractivity contribution in [3.05, 3.63) is 45.9 Å². The lowest BCUT2D eigenvalue weighted by molar-refractivity contribution is -0.116. The quantitative estimate of drug-likeness (QED) is 0.536. The molecule has 2 N–H and O–H groups in total. The average molecular weight is 398 g/mol. The fraction of sp³-hybridized carbons (Fsp3) is 0.263. The molecule has 3 aromatic rings. The van der Waals surface area contributed by atoms with Gasteiger partial charge in [-0.25, -0.2) is 15.0 Å². The molecule has 1 aliphatic rings. The lowest BCUT2D eigenvalue weighted by Crippen LogP contribution is -2.30. The molecule has 0 saturated carbocycles. The van der Waals surface area contributed by atoms with Gasteiger partial charge in [-0.15, -0.1) is 11.3 Å². The van der Waals surface area contributed by atoms with Gasteiger partial charge < -0.3 is 10.6 Å². The number of hydrogen-bond donors (Lipinski definition) is 1. The third-order valence-electron chi connectivity index (χ3n) is 4.37. The van der Waals surface area contributed by atoms with Crippen molar-refractivity contribution in [3.63, 3.8) is 0 Å². The van der Waals surface area contributed by atoms with Crippen molar-refractivity contribution in [2.75, 3.05) is 22.9 Å². The van der Waals surface area contributed by atoms with Gasteiger partial charge in [0.1, 0.15) is 5.82 Å². The molecule has 0 spiro atoms. The van der Waals surface area contributed by atoms with Gasteiger partial charge in [0.25, 0.3) is 0 Å². The SMILES string of the molecule is Cc1cc(N)nc(SCC(=O)N2CCc3cc(-c4csc(C)n4)ccc32)n1. The van der Waals surface area contributed by atoms with E-state index in [4.69, 9.17) is 5.73 Å². The molecule has 6 nitrogen and oxygen atoms in total. The summed E-state index contributed by atoms with van der Waals surface area (Å²) in [5.41, 5.74) is 10.8. The highest BCUT2D eigenvalue weighted by atomic mass is 32.2. The third kappa shape index (κ3) is 3.81. The summed E-state index contributed by atoms with van der Waals surface area (Å²) >= 11 is 2.96. The van der Waals surface area contributed by atoms with Crippen molar-refractivity contribution >= 4 is 40.5 Å². The second-order valence-corrected chi connectivity index (χ2v) is 8.40. The maximum absolute atomic E-state index is 12.7. The van der Waals surface area contributed by atoms with Crippen molar-refractivity contribution in [2.24, 2.45) is 0 Å². The molecule has 0 atom stereocenters. The van der Waals surface area contributed by atoms with Crippen LogP contribution in [0, 0.1) is 13.8 Å². The zero-order valence-electron chi connectivity index (χ0n) is 15.1. The van der Waals surface area contributed by atoms with Gasteiger partial charge in [-0.3, -0.25) is 4.79 Å². The smallest absolute Gasteiger partial charge is 0.237 e. The van der Waals surface area contributed by atoms with E-state index in [1.165, 1.54) is 17.3 Å².